The highest BCUT2D eigenvalue weighted by atomic mass is 79.9. The van der Waals surface area contributed by atoms with Gasteiger partial charge in [-0.1, -0.05) is 35.5 Å². The van der Waals surface area contributed by atoms with Crippen molar-refractivity contribution < 1.29 is 23.6 Å². The van der Waals surface area contributed by atoms with Crippen molar-refractivity contribution in [2.24, 2.45) is 5.10 Å². The number of nitrogens with zero attached hydrogens (tertiary/aromatic N) is 6. The molecular formula is C22H21BrN8O5. The number of carbonyl (C=O) groups is 1. The number of nitrogens with one attached hydrogen (secondary N) is 1. The molecule has 13 nitrogen and oxygen atoms in total. The Balaban J connectivity index is 1.48. The summed E-state index contributed by atoms with van der Waals surface area (Å²) in [5.74, 6) is 0.497. The normalized spacial score (nSPS) is 11.1. The number of methoxy groups -OCH3 is 2. The molecule has 0 fully saturated rings. The fraction of sp³-hybridized carbons (Fsp3) is 0.182. The van der Waals surface area contributed by atoms with E-state index in [1.54, 1.807) is 12.1 Å². The zero-order valence-electron chi connectivity index (χ0n) is 19.2. The van der Waals surface area contributed by atoms with Crippen molar-refractivity contribution in [2.75, 3.05) is 20.0 Å². The van der Waals surface area contributed by atoms with Crippen LogP contribution in [0.25, 0.3) is 5.82 Å². The minimum atomic E-state index is -0.617. The van der Waals surface area contributed by atoms with E-state index in [1.165, 1.54) is 25.1 Å². The van der Waals surface area contributed by atoms with Crippen LogP contribution in [0.15, 0.2) is 56.7 Å². The van der Waals surface area contributed by atoms with E-state index in [9.17, 15) is 4.79 Å². The number of anilines is 1. The molecule has 0 radical (unpaired) electrons. The standard InChI is InChI=1S/C22H21BrN8O5/c1-33-12-16-18(26-30-31(16)21-20(24)28-36-29-21)22(32)27-25-10-14-8-15(23)19(17(9-14)34-2)35-11-13-6-4-3-5-7-13/h3-10H,11-12H2,1-2H3,(H2,24,28)(H,27,32). The van der Waals surface area contributed by atoms with E-state index < -0.39 is 5.91 Å². The number of hydrogen-bond donors (Lipinski definition) is 2. The molecule has 1 amide bonds. The Kier molecular flexibility index (Phi) is 7.87. The summed E-state index contributed by atoms with van der Waals surface area (Å²) in [6.45, 7) is 0.375. The molecule has 2 heterocycles. The molecule has 0 aliphatic carbocycles. The number of nitrogen functional groups attached to an aromatic ring is 1. The number of halogens is 1. The lowest BCUT2D eigenvalue weighted by molar-refractivity contribution is 0.0944. The Labute approximate surface area is 213 Å². The Morgan fingerprint density at radius 3 is 2.72 bits per heavy atom. The molecule has 14 heteroatoms. The molecule has 36 heavy (non-hydrogen) atoms. The van der Waals surface area contributed by atoms with Crippen molar-refractivity contribution in [2.45, 2.75) is 13.2 Å². The number of carbonyl (C=O) groups excluding carboxylic acids is 1. The Hall–Kier alpha value is -4.30. The number of hydrazone groups is 1. The van der Waals surface area contributed by atoms with Gasteiger partial charge in [0, 0.05) is 7.11 Å². The van der Waals surface area contributed by atoms with E-state index >= 15 is 0 Å². The molecule has 2 aromatic carbocycles. The first-order chi connectivity index (χ1) is 17.5. The van der Waals surface area contributed by atoms with Gasteiger partial charge >= 0.3 is 0 Å². The number of nitrogens with two attached hydrogens (primary N) is 1. The van der Waals surface area contributed by atoms with Crippen molar-refractivity contribution >= 4 is 33.9 Å². The summed E-state index contributed by atoms with van der Waals surface area (Å²) in [5.41, 5.74) is 10.1. The summed E-state index contributed by atoms with van der Waals surface area (Å²) >= 11 is 3.51. The van der Waals surface area contributed by atoms with Gasteiger partial charge in [-0.05, 0) is 49.5 Å². The highest BCUT2D eigenvalue weighted by Crippen LogP contribution is 2.36. The summed E-state index contributed by atoms with van der Waals surface area (Å²) in [6, 6.07) is 13.3. The first-order valence-corrected chi connectivity index (χ1v) is 11.2. The fourth-order valence-electron chi connectivity index (χ4n) is 3.15. The molecule has 0 saturated carbocycles. The molecule has 4 rings (SSSR count). The monoisotopic (exact) mass is 556 g/mol. The van der Waals surface area contributed by atoms with Crippen molar-refractivity contribution in [3.63, 3.8) is 0 Å². The maximum atomic E-state index is 12.7. The van der Waals surface area contributed by atoms with Gasteiger partial charge in [0.2, 0.25) is 11.6 Å². The third-order valence-corrected chi connectivity index (χ3v) is 5.40. The lowest BCUT2D eigenvalue weighted by Crippen LogP contribution is -2.20. The van der Waals surface area contributed by atoms with Crippen molar-refractivity contribution in [3.05, 3.63) is 69.5 Å². The zero-order chi connectivity index (χ0) is 25.5. The van der Waals surface area contributed by atoms with Crippen LogP contribution in [0.3, 0.4) is 0 Å². The lowest BCUT2D eigenvalue weighted by atomic mass is 10.2. The smallest absolute Gasteiger partial charge is 0.293 e. The predicted molar refractivity (Wildman–Crippen MR) is 131 cm³/mol. The molecule has 0 saturated heterocycles. The predicted octanol–water partition coefficient (Wildman–Crippen LogP) is 2.49. The molecular weight excluding hydrogens is 536 g/mol. The largest absolute Gasteiger partial charge is 0.493 e. The summed E-state index contributed by atoms with van der Waals surface area (Å²) < 4.78 is 23.0. The maximum Gasteiger partial charge on any atom is 0.293 e. The average Bonchev–Trinajstić information content (AvgIpc) is 3.49. The zero-order valence-corrected chi connectivity index (χ0v) is 20.8. The van der Waals surface area contributed by atoms with Crippen LogP contribution in [0.1, 0.15) is 27.3 Å². The Morgan fingerprint density at radius 2 is 2.03 bits per heavy atom. The lowest BCUT2D eigenvalue weighted by Gasteiger charge is -2.13. The minimum absolute atomic E-state index is 0.000354. The number of rotatable bonds is 10. The molecule has 0 unspecified atom stereocenters. The van der Waals surface area contributed by atoms with Crippen LogP contribution in [-0.2, 0) is 18.0 Å². The summed E-state index contributed by atoms with van der Waals surface area (Å²) in [5, 5.41) is 19.0. The maximum absolute atomic E-state index is 12.7. The van der Waals surface area contributed by atoms with Crippen LogP contribution in [0.4, 0.5) is 5.82 Å². The van der Waals surface area contributed by atoms with Gasteiger partial charge in [0.25, 0.3) is 5.91 Å². The molecule has 0 bridgehead atoms. The van der Waals surface area contributed by atoms with E-state index in [0.717, 1.165) is 5.56 Å². The molecule has 0 aliphatic rings. The van der Waals surface area contributed by atoms with Gasteiger partial charge in [0.15, 0.2) is 17.2 Å². The first kappa shape index (κ1) is 24.8. The fourth-order valence-corrected chi connectivity index (χ4v) is 3.73. The van der Waals surface area contributed by atoms with Gasteiger partial charge in [-0.25, -0.2) is 10.1 Å². The second kappa shape index (κ2) is 11.4. The third kappa shape index (κ3) is 5.50. The van der Waals surface area contributed by atoms with E-state index in [2.05, 4.69) is 51.7 Å². The van der Waals surface area contributed by atoms with Crippen molar-refractivity contribution in [1.82, 2.24) is 30.7 Å². The van der Waals surface area contributed by atoms with Crippen LogP contribution in [0, 0.1) is 0 Å². The van der Waals surface area contributed by atoms with Crippen LogP contribution < -0.4 is 20.6 Å². The molecule has 0 spiro atoms. The molecule has 2 aromatic heterocycles. The van der Waals surface area contributed by atoms with Gasteiger partial charge in [-0.2, -0.15) is 9.78 Å². The second-order valence-electron chi connectivity index (χ2n) is 7.21. The summed E-state index contributed by atoms with van der Waals surface area (Å²) in [6.07, 6.45) is 1.45. The number of ether oxygens (including phenoxy) is 3. The first-order valence-electron chi connectivity index (χ1n) is 10.4. The molecule has 0 atom stereocenters. The number of hydrogen-bond acceptors (Lipinski definition) is 11. The number of amides is 1. The topological polar surface area (TPSA) is 165 Å². The van der Waals surface area contributed by atoms with Crippen LogP contribution in [-0.4, -0.2) is 51.6 Å². The Morgan fingerprint density at radius 1 is 1.22 bits per heavy atom. The quantitative estimate of drug-likeness (QED) is 0.219. The van der Waals surface area contributed by atoms with E-state index in [4.69, 9.17) is 19.9 Å². The van der Waals surface area contributed by atoms with Gasteiger partial charge in [0.1, 0.15) is 12.3 Å². The number of benzene rings is 2. The SMILES string of the molecule is COCc1c(C(=O)NN=Cc2cc(Br)c(OCc3ccccc3)c(OC)c2)nnn1-c1nonc1N. The third-order valence-electron chi connectivity index (χ3n) is 4.81. The summed E-state index contributed by atoms with van der Waals surface area (Å²) in [7, 11) is 3.00. The van der Waals surface area contributed by atoms with Crippen LogP contribution >= 0.6 is 15.9 Å². The van der Waals surface area contributed by atoms with Crippen molar-refractivity contribution in [3.8, 4) is 17.3 Å². The van der Waals surface area contributed by atoms with Crippen LogP contribution in [0.5, 0.6) is 11.5 Å². The van der Waals surface area contributed by atoms with Gasteiger partial charge in [-0.3, -0.25) is 4.79 Å². The molecule has 3 N–H and O–H groups in total. The van der Waals surface area contributed by atoms with Gasteiger partial charge < -0.3 is 19.9 Å². The molecule has 4 aromatic rings. The highest BCUT2D eigenvalue weighted by Gasteiger charge is 2.23. The van der Waals surface area contributed by atoms with Crippen molar-refractivity contribution in [1.29, 1.82) is 0 Å². The average molecular weight is 557 g/mol. The number of aromatic nitrogens is 5. The second-order valence-corrected chi connectivity index (χ2v) is 8.06. The van der Waals surface area contributed by atoms with Crippen LogP contribution in [0.2, 0.25) is 0 Å². The minimum Gasteiger partial charge on any atom is -0.493 e. The van der Waals surface area contributed by atoms with E-state index in [1.807, 2.05) is 30.3 Å². The van der Waals surface area contributed by atoms with Gasteiger partial charge in [-0.15, -0.1) is 5.10 Å². The van der Waals surface area contributed by atoms with E-state index in [-0.39, 0.29) is 29.6 Å². The summed E-state index contributed by atoms with van der Waals surface area (Å²) in [4.78, 5) is 12.7. The highest BCUT2D eigenvalue weighted by molar-refractivity contribution is 9.10. The molecule has 0 aliphatic heterocycles. The molecule has 186 valence electrons. The van der Waals surface area contributed by atoms with E-state index in [0.29, 0.717) is 28.1 Å². The van der Waals surface area contributed by atoms with Gasteiger partial charge in [0.05, 0.1) is 24.4 Å². The Bertz CT molecular complexity index is 1370.